The van der Waals surface area contributed by atoms with Crippen LogP contribution in [0.1, 0.15) is 18.4 Å². The largest absolute Gasteiger partial charge is 0.494 e. The van der Waals surface area contributed by atoms with Crippen molar-refractivity contribution in [2.45, 2.75) is 25.4 Å². The van der Waals surface area contributed by atoms with E-state index >= 15 is 0 Å². The lowest BCUT2D eigenvalue weighted by molar-refractivity contribution is 0.187. The zero-order chi connectivity index (χ0) is 16.7. The molecule has 2 N–H and O–H groups in total. The van der Waals surface area contributed by atoms with Crippen molar-refractivity contribution in [1.82, 2.24) is 15.5 Å². The maximum Gasteiger partial charge on any atom is 0.315 e. The van der Waals surface area contributed by atoms with E-state index in [-0.39, 0.29) is 30.2 Å². The Morgan fingerprint density at radius 3 is 2.83 bits per heavy atom. The number of halogens is 1. The van der Waals surface area contributed by atoms with Gasteiger partial charge >= 0.3 is 6.03 Å². The van der Waals surface area contributed by atoms with Crippen LogP contribution in [0, 0.1) is 18.2 Å². The summed E-state index contributed by atoms with van der Waals surface area (Å²) in [5, 5.41) is 5.51. The number of hydrogen-bond donors (Lipinski definition) is 2. The fraction of sp³-hybridized carbons (Fsp3) is 0.471. The molecule has 0 saturated carbocycles. The highest BCUT2D eigenvalue weighted by Gasteiger charge is 2.20. The first-order valence-electron chi connectivity index (χ1n) is 7.65. The molecule has 1 heterocycles. The molecule has 1 saturated heterocycles. The molecule has 0 aliphatic carbocycles. The van der Waals surface area contributed by atoms with E-state index in [9.17, 15) is 9.18 Å². The third kappa shape index (κ3) is 5.15. The number of benzene rings is 1. The van der Waals surface area contributed by atoms with Gasteiger partial charge < -0.3 is 15.4 Å². The van der Waals surface area contributed by atoms with Crippen molar-refractivity contribution in [2.24, 2.45) is 0 Å². The fourth-order valence-electron chi connectivity index (χ4n) is 2.67. The summed E-state index contributed by atoms with van der Waals surface area (Å²) in [6.45, 7) is 2.63. The van der Waals surface area contributed by atoms with Gasteiger partial charge in [0.1, 0.15) is 0 Å². The quantitative estimate of drug-likeness (QED) is 0.813. The summed E-state index contributed by atoms with van der Waals surface area (Å²) in [7, 11) is 1.45. The van der Waals surface area contributed by atoms with E-state index in [0.717, 1.165) is 31.5 Å². The highest BCUT2D eigenvalue weighted by Crippen LogP contribution is 2.20. The zero-order valence-electron chi connectivity index (χ0n) is 13.3. The molecule has 1 aromatic carbocycles. The van der Waals surface area contributed by atoms with E-state index in [0.29, 0.717) is 6.54 Å². The van der Waals surface area contributed by atoms with Crippen molar-refractivity contribution in [2.75, 3.05) is 26.7 Å². The number of carbonyl (C=O) groups is 1. The summed E-state index contributed by atoms with van der Waals surface area (Å²) >= 11 is 0. The summed E-state index contributed by atoms with van der Waals surface area (Å²) in [5.74, 6) is 2.28. The van der Waals surface area contributed by atoms with Gasteiger partial charge in [-0.1, -0.05) is 12.0 Å². The minimum atomic E-state index is -0.341. The monoisotopic (exact) mass is 319 g/mol. The smallest absolute Gasteiger partial charge is 0.315 e. The minimum absolute atomic E-state index is 0.150. The van der Waals surface area contributed by atoms with Gasteiger partial charge in [0.2, 0.25) is 0 Å². The van der Waals surface area contributed by atoms with Gasteiger partial charge in [0.05, 0.1) is 13.7 Å². The third-order valence-corrected chi connectivity index (χ3v) is 3.90. The Kier molecular flexibility index (Phi) is 6.24. The molecule has 5 nitrogen and oxygen atoms in total. The molecule has 6 heteroatoms. The number of likely N-dealkylation sites (tertiary alicyclic amines) is 1. The van der Waals surface area contributed by atoms with E-state index in [1.807, 2.05) is 6.07 Å². The predicted octanol–water partition coefficient (Wildman–Crippen LogP) is 1.73. The number of hydrogen-bond acceptors (Lipinski definition) is 3. The number of amides is 2. The molecule has 23 heavy (non-hydrogen) atoms. The van der Waals surface area contributed by atoms with Crippen molar-refractivity contribution in [3.05, 3.63) is 29.6 Å². The first-order valence-corrected chi connectivity index (χ1v) is 7.65. The van der Waals surface area contributed by atoms with E-state index in [1.165, 1.54) is 13.2 Å². The number of terminal acetylenes is 1. The van der Waals surface area contributed by atoms with Crippen molar-refractivity contribution in [3.63, 3.8) is 0 Å². The number of methoxy groups -OCH3 is 1. The number of ether oxygens (including phenoxy) is 1. The van der Waals surface area contributed by atoms with Crippen molar-refractivity contribution in [3.8, 4) is 18.1 Å². The van der Waals surface area contributed by atoms with Crippen molar-refractivity contribution >= 4 is 6.03 Å². The molecular weight excluding hydrogens is 297 g/mol. The number of carbonyl (C=O) groups excluding carboxylic acids is 1. The predicted molar refractivity (Wildman–Crippen MR) is 86.6 cm³/mol. The summed E-state index contributed by atoms with van der Waals surface area (Å²) in [5.41, 5.74) is 0.918. The van der Waals surface area contributed by atoms with Crippen molar-refractivity contribution < 1.29 is 13.9 Å². The maximum atomic E-state index is 13.7. The van der Waals surface area contributed by atoms with Crippen LogP contribution in [0.2, 0.25) is 0 Å². The molecule has 1 aliphatic heterocycles. The molecule has 0 unspecified atom stereocenters. The molecule has 1 aromatic rings. The molecule has 2 amide bonds. The van der Waals surface area contributed by atoms with E-state index in [1.54, 1.807) is 6.07 Å². The van der Waals surface area contributed by atoms with Gasteiger partial charge in [-0.15, -0.1) is 6.42 Å². The molecule has 0 spiro atoms. The number of nitrogens with zero attached hydrogens (tertiary/aromatic N) is 1. The van der Waals surface area contributed by atoms with E-state index < -0.39 is 0 Å². The Morgan fingerprint density at radius 2 is 2.22 bits per heavy atom. The molecule has 2 rings (SSSR count). The second-order valence-corrected chi connectivity index (χ2v) is 5.55. The normalized spacial score (nSPS) is 15.7. The fourth-order valence-corrected chi connectivity index (χ4v) is 2.67. The van der Waals surface area contributed by atoms with Crippen LogP contribution >= 0.6 is 0 Å². The summed E-state index contributed by atoms with van der Waals surface area (Å²) in [6, 6.07) is 4.96. The lowest BCUT2D eigenvalue weighted by Gasteiger charge is -2.32. The topological polar surface area (TPSA) is 53.6 Å². The Bertz CT molecular complexity index is 578. The summed E-state index contributed by atoms with van der Waals surface area (Å²) in [4.78, 5) is 13.8. The lowest BCUT2D eigenvalue weighted by atomic mass is 10.0. The average molecular weight is 319 g/mol. The highest BCUT2D eigenvalue weighted by atomic mass is 19.1. The molecule has 0 aromatic heterocycles. The van der Waals surface area contributed by atoms with Gasteiger partial charge in [0, 0.05) is 25.7 Å². The second kappa shape index (κ2) is 8.39. The molecule has 0 bridgehead atoms. The van der Waals surface area contributed by atoms with Gasteiger partial charge in [0.25, 0.3) is 0 Å². The number of nitrogens with one attached hydrogen (secondary N) is 2. The SMILES string of the molecule is C#CCNC(=O)NC1CCN(Cc2ccc(OC)c(F)c2)CC1. The van der Waals surface area contributed by atoms with Crippen LogP contribution in [0.25, 0.3) is 0 Å². The summed E-state index contributed by atoms with van der Waals surface area (Å²) < 4.78 is 18.6. The number of rotatable bonds is 5. The van der Waals surface area contributed by atoms with Crippen LogP contribution in [0.5, 0.6) is 5.75 Å². The van der Waals surface area contributed by atoms with Gasteiger partial charge in [-0.05, 0) is 30.5 Å². The first kappa shape index (κ1) is 17.1. The molecule has 124 valence electrons. The van der Waals surface area contributed by atoms with Crippen LogP contribution < -0.4 is 15.4 Å². The van der Waals surface area contributed by atoms with Crippen molar-refractivity contribution in [1.29, 1.82) is 0 Å². The van der Waals surface area contributed by atoms with E-state index in [2.05, 4.69) is 21.5 Å². The number of urea groups is 1. The van der Waals surface area contributed by atoms with Gasteiger partial charge in [-0.2, -0.15) is 0 Å². The Hall–Kier alpha value is -2.26. The van der Waals surface area contributed by atoms with E-state index in [4.69, 9.17) is 11.2 Å². The second-order valence-electron chi connectivity index (χ2n) is 5.55. The molecule has 0 radical (unpaired) electrons. The Morgan fingerprint density at radius 1 is 1.48 bits per heavy atom. The highest BCUT2D eigenvalue weighted by molar-refractivity contribution is 5.74. The first-order chi connectivity index (χ1) is 11.1. The minimum Gasteiger partial charge on any atom is -0.494 e. The molecular formula is C17H22FN3O2. The molecule has 0 atom stereocenters. The third-order valence-electron chi connectivity index (χ3n) is 3.90. The van der Waals surface area contributed by atoms with Crippen LogP contribution in [0.4, 0.5) is 9.18 Å². The van der Waals surface area contributed by atoms with Crippen LogP contribution in [-0.4, -0.2) is 43.7 Å². The van der Waals surface area contributed by atoms with Crippen LogP contribution in [0.3, 0.4) is 0 Å². The average Bonchev–Trinajstić information content (AvgIpc) is 2.55. The Labute approximate surface area is 136 Å². The van der Waals surface area contributed by atoms with Gasteiger partial charge in [-0.25, -0.2) is 9.18 Å². The molecule has 1 fully saturated rings. The lowest BCUT2D eigenvalue weighted by Crippen LogP contribution is -2.47. The van der Waals surface area contributed by atoms with Crippen LogP contribution in [-0.2, 0) is 6.54 Å². The van der Waals surface area contributed by atoms with Crippen LogP contribution in [0.15, 0.2) is 18.2 Å². The van der Waals surface area contributed by atoms with Gasteiger partial charge in [-0.3, -0.25) is 4.90 Å². The summed E-state index contributed by atoms with van der Waals surface area (Å²) in [6.07, 6.45) is 6.82. The number of piperidine rings is 1. The standard InChI is InChI=1S/C17H22FN3O2/c1-3-8-19-17(22)20-14-6-9-21(10-7-14)12-13-4-5-16(23-2)15(18)11-13/h1,4-5,11,14H,6-10,12H2,2H3,(H2,19,20,22). The van der Waals surface area contributed by atoms with Gasteiger partial charge in [0.15, 0.2) is 11.6 Å². The Balaban J connectivity index is 1.77. The maximum absolute atomic E-state index is 13.7. The molecule has 1 aliphatic rings. The zero-order valence-corrected chi connectivity index (χ0v) is 13.3.